The van der Waals surface area contributed by atoms with Crippen molar-refractivity contribution >= 4 is 21.6 Å². The van der Waals surface area contributed by atoms with Gasteiger partial charge in [-0.2, -0.15) is 0 Å². The molecule has 0 unspecified atom stereocenters. The Bertz CT molecular complexity index is 935. The van der Waals surface area contributed by atoms with Gasteiger partial charge in [0.15, 0.2) is 11.5 Å². The van der Waals surface area contributed by atoms with Crippen LogP contribution in [0, 0.1) is 5.82 Å². The van der Waals surface area contributed by atoms with Crippen LogP contribution >= 0.6 is 0 Å². The number of carbonyl (C=O) groups is 1. The van der Waals surface area contributed by atoms with Crippen molar-refractivity contribution in [2.75, 3.05) is 30.3 Å². The number of nitrogens with one attached hydrogen (secondary N) is 1. The van der Waals surface area contributed by atoms with Crippen molar-refractivity contribution in [3.05, 3.63) is 54.3 Å². The van der Waals surface area contributed by atoms with E-state index in [1.165, 1.54) is 18.2 Å². The third-order valence-corrected chi connectivity index (χ3v) is 5.03. The predicted molar refractivity (Wildman–Crippen MR) is 98.0 cm³/mol. The van der Waals surface area contributed by atoms with Gasteiger partial charge in [0.25, 0.3) is 0 Å². The molecule has 0 bridgehead atoms. The highest BCUT2D eigenvalue weighted by atomic mass is 32.2. The molecule has 1 atom stereocenters. The Hall–Kier alpha value is -2.81. The van der Waals surface area contributed by atoms with E-state index in [-0.39, 0.29) is 18.8 Å². The smallest absolute Gasteiger partial charge is 0.240 e. The molecule has 0 saturated heterocycles. The molecule has 27 heavy (non-hydrogen) atoms. The number of sulfonamides is 1. The van der Waals surface area contributed by atoms with E-state index >= 15 is 0 Å². The summed E-state index contributed by atoms with van der Waals surface area (Å²) in [4.78, 5) is 12.2. The molecule has 0 aliphatic carbocycles. The van der Waals surface area contributed by atoms with Crippen molar-refractivity contribution in [1.29, 1.82) is 0 Å². The topological polar surface area (TPSA) is 84.9 Å². The average molecular weight is 394 g/mol. The summed E-state index contributed by atoms with van der Waals surface area (Å²) < 4.78 is 50.0. The molecule has 0 aromatic heterocycles. The van der Waals surface area contributed by atoms with Crippen molar-refractivity contribution in [3.63, 3.8) is 0 Å². The van der Waals surface area contributed by atoms with Crippen LogP contribution in [0.4, 0.5) is 10.1 Å². The summed E-state index contributed by atoms with van der Waals surface area (Å²) in [7, 11) is -3.84. The standard InChI is InChI=1S/C18H19FN2O5S/c1-27(23,24)21(15-7-3-2-6-14(15)19)11-18(22)20-10-13-12-25-16-8-4-5-9-17(16)26-13/h2-9,13H,10-12H2,1H3,(H,20,22)/t13-/m0/s1. The fraction of sp³-hybridized carbons (Fsp3) is 0.278. The normalized spacial score (nSPS) is 15.9. The second kappa shape index (κ2) is 7.83. The number of hydrogen-bond donors (Lipinski definition) is 1. The Balaban J connectivity index is 1.62. The van der Waals surface area contributed by atoms with E-state index in [2.05, 4.69) is 5.32 Å². The molecule has 0 fully saturated rings. The van der Waals surface area contributed by atoms with Gasteiger partial charge in [0, 0.05) is 0 Å². The van der Waals surface area contributed by atoms with Crippen molar-refractivity contribution in [3.8, 4) is 11.5 Å². The third kappa shape index (κ3) is 4.68. The Morgan fingerprint density at radius 1 is 1.19 bits per heavy atom. The Morgan fingerprint density at radius 3 is 2.56 bits per heavy atom. The molecule has 2 aromatic carbocycles. The summed E-state index contributed by atoms with van der Waals surface area (Å²) in [5, 5.41) is 2.60. The number of anilines is 1. The number of halogens is 1. The molecule has 7 nitrogen and oxygen atoms in total. The van der Waals surface area contributed by atoms with E-state index in [9.17, 15) is 17.6 Å². The van der Waals surface area contributed by atoms with Crippen molar-refractivity contribution < 1.29 is 27.1 Å². The van der Waals surface area contributed by atoms with Gasteiger partial charge in [-0.25, -0.2) is 12.8 Å². The second-order valence-corrected chi connectivity index (χ2v) is 7.93. The van der Waals surface area contributed by atoms with Crippen LogP contribution in [-0.2, 0) is 14.8 Å². The summed E-state index contributed by atoms with van der Waals surface area (Å²) in [5.74, 6) is -0.0996. The molecular formula is C18H19FN2O5S. The molecule has 144 valence electrons. The monoisotopic (exact) mass is 394 g/mol. The molecule has 1 amide bonds. The lowest BCUT2D eigenvalue weighted by molar-refractivity contribution is -0.120. The van der Waals surface area contributed by atoms with Crippen molar-refractivity contribution in [2.24, 2.45) is 0 Å². The third-order valence-electron chi connectivity index (χ3n) is 3.90. The lowest BCUT2D eigenvalue weighted by Gasteiger charge is -2.27. The van der Waals surface area contributed by atoms with Gasteiger partial charge in [-0.1, -0.05) is 24.3 Å². The first-order valence-electron chi connectivity index (χ1n) is 8.22. The highest BCUT2D eigenvalue weighted by molar-refractivity contribution is 7.92. The molecule has 1 heterocycles. The lowest BCUT2D eigenvalue weighted by Crippen LogP contribution is -2.45. The number of amides is 1. The number of rotatable bonds is 6. The molecule has 0 saturated carbocycles. The zero-order chi connectivity index (χ0) is 19.4. The Labute approximate surface area is 156 Å². The molecule has 1 N–H and O–H groups in total. The highest BCUT2D eigenvalue weighted by Crippen LogP contribution is 2.30. The first-order valence-corrected chi connectivity index (χ1v) is 10.1. The SMILES string of the molecule is CS(=O)(=O)N(CC(=O)NC[C@H]1COc2ccccc2O1)c1ccccc1F. The zero-order valence-corrected chi connectivity index (χ0v) is 15.4. The molecule has 3 rings (SSSR count). The van der Waals surface area contributed by atoms with Crippen LogP contribution in [0.1, 0.15) is 0 Å². The molecule has 2 aromatic rings. The molecule has 9 heteroatoms. The number of carbonyl (C=O) groups excluding carboxylic acids is 1. The van der Waals surface area contributed by atoms with E-state index in [1.807, 2.05) is 12.1 Å². The number of benzene rings is 2. The number of nitrogens with zero attached hydrogens (tertiary/aromatic N) is 1. The first kappa shape index (κ1) is 19.0. The predicted octanol–water partition coefficient (Wildman–Crippen LogP) is 1.55. The minimum absolute atomic E-state index is 0.127. The molecule has 0 spiro atoms. The van der Waals surface area contributed by atoms with Crippen LogP contribution in [0.2, 0.25) is 0 Å². The second-order valence-electron chi connectivity index (χ2n) is 6.02. The van der Waals surface area contributed by atoms with Crippen molar-refractivity contribution in [2.45, 2.75) is 6.10 Å². The largest absolute Gasteiger partial charge is 0.486 e. The molecular weight excluding hydrogens is 375 g/mol. The van der Waals surface area contributed by atoms with E-state index in [0.717, 1.165) is 16.6 Å². The average Bonchev–Trinajstić information content (AvgIpc) is 2.64. The minimum Gasteiger partial charge on any atom is -0.486 e. The molecule has 0 radical (unpaired) electrons. The van der Waals surface area contributed by atoms with Gasteiger partial charge in [0.1, 0.15) is 25.1 Å². The quantitative estimate of drug-likeness (QED) is 0.804. The number of para-hydroxylation sites is 3. The lowest BCUT2D eigenvalue weighted by atomic mass is 10.2. The van der Waals surface area contributed by atoms with Crippen LogP contribution in [0.5, 0.6) is 11.5 Å². The summed E-state index contributed by atoms with van der Waals surface area (Å²) in [5.41, 5.74) is -0.179. The maximum atomic E-state index is 14.0. The fourth-order valence-corrected chi connectivity index (χ4v) is 3.47. The summed E-state index contributed by atoms with van der Waals surface area (Å²) in [6, 6.07) is 12.6. The number of fused-ring (bicyclic) bond motifs is 1. The maximum Gasteiger partial charge on any atom is 0.240 e. The van der Waals surface area contributed by atoms with Crippen LogP contribution in [0.25, 0.3) is 0 Å². The molecule has 1 aliphatic heterocycles. The zero-order valence-electron chi connectivity index (χ0n) is 14.6. The summed E-state index contributed by atoms with van der Waals surface area (Å²) in [6.07, 6.45) is 0.505. The van der Waals surface area contributed by atoms with E-state index in [1.54, 1.807) is 12.1 Å². The van der Waals surface area contributed by atoms with E-state index < -0.39 is 34.4 Å². The minimum atomic E-state index is -3.84. The molecule has 1 aliphatic rings. The number of ether oxygens (including phenoxy) is 2. The maximum absolute atomic E-state index is 14.0. The van der Waals surface area contributed by atoms with Gasteiger partial charge in [0.05, 0.1) is 18.5 Å². The number of hydrogen-bond acceptors (Lipinski definition) is 5. The van der Waals surface area contributed by atoms with Crippen molar-refractivity contribution in [1.82, 2.24) is 5.32 Å². The van der Waals surface area contributed by atoms with Crippen LogP contribution < -0.4 is 19.1 Å². The van der Waals surface area contributed by atoms with Gasteiger partial charge < -0.3 is 14.8 Å². The summed E-state index contributed by atoms with van der Waals surface area (Å²) >= 11 is 0. The highest BCUT2D eigenvalue weighted by Gasteiger charge is 2.25. The fourth-order valence-electron chi connectivity index (χ4n) is 2.61. The van der Waals surface area contributed by atoms with Gasteiger partial charge >= 0.3 is 0 Å². The summed E-state index contributed by atoms with van der Waals surface area (Å²) in [6.45, 7) is -0.160. The Morgan fingerprint density at radius 2 is 1.85 bits per heavy atom. The van der Waals surface area contributed by atoms with E-state index in [4.69, 9.17) is 9.47 Å². The Kier molecular flexibility index (Phi) is 5.50. The van der Waals surface area contributed by atoms with Gasteiger partial charge in [-0.3, -0.25) is 9.10 Å². The van der Waals surface area contributed by atoms with Crippen LogP contribution in [0.3, 0.4) is 0 Å². The first-order chi connectivity index (χ1) is 12.8. The van der Waals surface area contributed by atoms with Crippen LogP contribution in [0.15, 0.2) is 48.5 Å². The van der Waals surface area contributed by atoms with Gasteiger partial charge in [-0.05, 0) is 24.3 Å². The van der Waals surface area contributed by atoms with Crippen LogP contribution in [-0.4, -0.2) is 46.4 Å². The van der Waals surface area contributed by atoms with Gasteiger partial charge in [-0.15, -0.1) is 0 Å². The van der Waals surface area contributed by atoms with E-state index in [0.29, 0.717) is 11.5 Å². The van der Waals surface area contributed by atoms with Gasteiger partial charge in [0.2, 0.25) is 15.9 Å².